The van der Waals surface area contributed by atoms with E-state index < -0.39 is 0 Å². The molecule has 0 spiro atoms. The van der Waals surface area contributed by atoms with Crippen molar-refractivity contribution in [2.24, 2.45) is 23.7 Å². The Hall–Kier alpha value is -1.31. The van der Waals surface area contributed by atoms with E-state index in [2.05, 4.69) is 6.92 Å². The molecule has 0 N–H and O–H groups in total. The van der Waals surface area contributed by atoms with Crippen LogP contribution in [-0.4, -0.2) is 5.97 Å². The minimum atomic E-state index is -0.0147. The molecular formula is C27H42O2. The Morgan fingerprint density at radius 1 is 0.828 bits per heavy atom. The minimum absolute atomic E-state index is 0.0147. The van der Waals surface area contributed by atoms with Gasteiger partial charge < -0.3 is 4.74 Å². The van der Waals surface area contributed by atoms with Crippen LogP contribution in [0.2, 0.25) is 0 Å². The molecule has 0 aliphatic heterocycles. The van der Waals surface area contributed by atoms with Gasteiger partial charge in [-0.25, -0.2) is 0 Å². The molecule has 29 heavy (non-hydrogen) atoms. The van der Waals surface area contributed by atoms with Gasteiger partial charge >= 0.3 is 5.97 Å². The maximum absolute atomic E-state index is 12.5. The van der Waals surface area contributed by atoms with Crippen molar-refractivity contribution in [3.05, 3.63) is 29.8 Å². The van der Waals surface area contributed by atoms with Crippen LogP contribution in [0.4, 0.5) is 0 Å². The number of esters is 1. The first-order chi connectivity index (χ1) is 14.2. The van der Waals surface area contributed by atoms with Crippen molar-refractivity contribution in [1.29, 1.82) is 0 Å². The second kappa shape index (κ2) is 11.8. The van der Waals surface area contributed by atoms with Crippen molar-refractivity contribution < 1.29 is 9.53 Å². The zero-order valence-corrected chi connectivity index (χ0v) is 18.8. The first kappa shape index (κ1) is 22.4. The fraction of sp³-hybridized carbons (Fsp3) is 0.741. The Morgan fingerprint density at radius 3 is 2.03 bits per heavy atom. The summed E-state index contributed by atoms with van der Waals surface area (Å²) < 4.78 is 5.63. The van der Waals surface area contributed by atoms with Crippen LogP contribution in [0.25, 0.3) is 0 Å². The normalized spacial score (nSPS) is 27.5. The monoisotopic (exact) mass is 398 g/mol. The van der Waals surface area contributed by atoms with E-state index in [4.69, 9.17) is 4.74 Å². The third-order valence-corrected chi connectivity index (χ3v) is 7.62. The molecule has 2 fully saturated rings. The van der Waals surface area contributed by atoms with Crippen molar-refractivity contribution in [2.75, 3.05) is 0 Å². The predicted octanol–water partition coefficient (Wildman–Crippen LogP) is 7.87. The molecule has 0 aromatic heterocycles. The highest BCUT2D eigenvalue weighted by atomic mass is 16.5. The summed E-state index contributed by atoms with van der Waals surface area (Å²) in [6.07, 6.45) is 18.8. The lowest BCUT2D eigenvalue weighted by molar-refractivity contribution is -0.140. The average Bonchev–Trinajstić information content (AvgIpc) is 2.76. The zero-order chi connectivity index (χ0) is 20.5. The minimum Gasteiger partial charge on any atom is -0.426 e. The largest absolute Gasteiger partial charge is 0.426 e. The highest BCUT2D eigenvalue weighted by molar-refractivity contribution is 5.75. The summed E-state index contributed by atoms with van der Waals surface area (Å²) in [4.78, 5) is 12.5. The fourth-order valence-corrected chi connectivity index (χ4v) is 5.62. The molecule has 1 aromatic carbocycles. The maximum atomic E-state index is 12.5. The van der Waals surface area contributed by atoms with Gasteiger partial charge in [-0.15, -0.1) is 0 Å². The van der Waals surface area contributed by atoms with E-state index in [0.717, 1.165) is 30.6 Å². The van der Waals surface area contributed by atoms with E-state index in [1.54, 1.807) is 0 Å². The molecule has 2 aliphatic carbocycles. The summed E-state index contributed by atoms with van der Waals surface area (Å²) in [5.74, 6) is 3.54. The lowest BCUT2D eigenvalue weighted by atomic mass is 9.68. The number of benzene rings is 1. The van der Waals surface area contributed by atoms with E-state index in [0.29, 0.717) is 5.75 Å². The summed E-state index contributed by atoms with van der Waals surface area (Å²) in [6, 6.07) is 7.81. The number of aryl methyl sites for hydroxylation is 1. The van der Waals surface area contributed by atoms with Gasteiger partial charge in [-0.3, -0.25) is 4.79 Å². The third kappa shape index (κ3) is 7.15. The lowest BCUT2D eigenvalue weighted by Crippen LogP contribution is -2.30. The van der Waals surface area contributed by atoms with Gasteiger partial charge in [0, 0.05) is 0 Å². The Labute approximate surface area is 178 Å². The highest BCUT2D eigenvalue weighted by Crippen LogP contribution is 2.42. The van der Waals surface area contributed by atoms with Gasteiger partial charge in [0.05, 0.1) is 5.92 Å². The van der Waals surface area contributed by atoms with Crippen molar-refractivity contribution in [1.82, 2.24) is 0 Å². The van der Waals surface area contributed by atoms with E-state index in [1.165, 1.54) is 82.6 Å². The molecule has 2 heteroatoms. The van der Waals surface area contributed by atoms with Gasteiger partial charge in [-0.2, -0.15) is 0 Å². The first-order valence-electron chi connectivity index (χ1n) is 12.4. The predicted molar refractivity (Wildman–Crippen MR) is 121 cm³/mol. The molecule has 2 nitrogen and oxygen atoms in total. The van der Waals surface area contributed by atoms with E-state index in [9.17, 15) is 4.79 Å². The number of unbranched alkanes of at least 4 members (excludes halogenated alkanes) is 4. The van der Waals surface area contributed by atoms with Gasteiger partial charge in [0.15, 0.2) is 0 Å². The number of hydrogen-bond donors (Lipinski definition) is 0. The SMILES string of the molecule is CCCCCCCC1CCC(C2CCC(C(=O)Oc3ccc(C)cc3)CC2)CC1. The van der Waals surface area contributed by atoms with Gasteiger partial charge in [0.2, 0.25) is 0 Å². The van der Waals surface area contributed by atoms with Crippen molar-refractivity contribution in [2.45, 2.75) is 104 Å². The zero-order valence-electron chi connectivity index (χ0n) is 18.8. The van der Waals surface area contributed by atoms with Gasteiger partial charge in [0.25, 0.3) is 0 Å². The summed E-state index contributed by atoms with van der Waals surface area (Å²) >= 11 is 0. The van der Waals surface area contributed by atoms with Gasteiger partial charge in [0.1, 0.15) is 5.75 Å². The van der Waals surface area contributed by atoms with Crippen molar-refractivity contribution in [3.8, 4) is 5.75 Å². The Bertz CT molecular complexity index is 589. The molecule has 2 saturated carbocycles. The van der Waals surface area contributed by atoms with Crippen LogP contribution in [0.15, 0.2) is 24.3 Å². The number of hydrogen-bond acceptors (Lipinski definition) is 2. The molecule has 0 atom stereocenters. The molecule has 2 aliphatic rings. The number of ether oxygens (including phenoxy) is 1. The molecule has 0 heterocycles. The maximum Gasteiger partial charge on any atom is 0.314 e. The number of carbonyl (C=O) groups excluding carboxylic acids is 1. The van der Waals surface area contributed by atoms with Crippen LogP contribution in [0.3, 0.4) is 0 Å². The molecule has 162 valence electrons. The van der Waals surface area contributed by atoms with Crippen LogP contribution in [0.1, 0.15) is 102 Å². The molecule has 1 aromatic rings. The molecule has 0 saturated heterocycles. The quantitative estimate of drug-likeness (QED) is 0.240. The average molecular weight is 399 g/mol. The highest BCUT2D eigenvalue weighted by Gasteiger charge is 2.33. The summed E-state index contributed by atoms with van der Waals surface area (Å²) in [5.41, 5.74) is 1.19. The van der Waals surface area contributed by atoms with Gasteiger partial charge in [-0.1, -0.05) is 76.0 Å². The van der Waals surface area contributed by atoms with Gasteiger partial charge in [-0.05, 0) is 75.3 Å². The topological polar surface area (TPSA) is 26.3 Å². The van der Waals surface area contributed by atoms with Crippen LogP contribution in [-0.2, 0) is 4.79 Å². The molecule has 0 unspecified atom stereocenters. The Morgan fingerprint density at radius 2 is 1.41 bits per heavy atom. The van der Waals surface area contributed by atoms with E-state index in [-0.39, 0.29) is 11.9 Å². The Balaban J connectivity index is 1.32. The van der Waals surface area contributed by atoms with Crippen molar-refractivity contribution >= 4 is 5.97 Å². The van der Waals surface area contributed by atoms with E-state index in [1.807, 2.05) is 31.2 Å². The van der Waals surface area contributed by atoms with Crippen LogP contribution < -0.4 is 4.74 Å². The molecular weight excluding hydrogens is 356 g/mol. The summed E-state index contributed by atoms with van der Waals surface area (Å²) in [7, 11) is 0. The smallest absolute Gasteiger partial charge is 0.314 e. The lowest BCUT2D eigenvalue weighted by Gasteiger charge is -2.37. The molecule has 0 bridgehead atoms. The summed E-state index contributed by atoms with van der Waals surface area (Å²) in [5, 5.41) is 0. The summed E-state index contributed by atoms with van der Waals surface area (Å²) in [6.45, 7) is 4.34. The van der Waals surface area contributed by atoms with Crippen molar-refractivity contribution in [3.63, 3.8) is 0 Å². The van der Waals surface area contributed by atoms with Crippen LogP contribution >= 0.6 is 0 Å². The molecule has 0 radical (unpaired) electrons. The standard InChI is InChI=1S/C27H42O2/c1-3-4-5-6-7-8-22-11-13-23(14-12-22)24-15-17-25(18-16-24)27(28)29-26-19-9-21(2)10-20-26/h9-10,19-20,22-25H,3-8,11-18H2,1-2H3. The third-order valence-electron chi connectivity index (χ3n) is 7.62. The van der Waals surface area contributed by atoms with E-state index >= 15 is 0 Å². The fourth-order valence-electron chi connectivity index (χ4n) is 5.62. The second-order valence-corrected chi connectivity index (χ2v) is 9.83. The van der Waals surface area contributed by atoms with Crippen LogP contribution in [0.5, 0.6) is 5.75 Å². The number of carbonyl (C=O) groups is 1. The first-order valence-corrected chi connectivity index (χ1v) is 12.4. The molecule has 0 amide bonds. The number of rotatable bonds is 9. The van der Waals surface area contributed by atoms with Crippen LogP contribution in [0, 0.1) is 30.6 Å². The Kier molecular flexibility index (Phi) is 9.08. The molecule has 3 rings (SSSR count). The second-order valence-electron chi connectivity index (χ2n) is 9.83.